The van der Waals surface area contributed by atoms with Gasteiger partial charge in [0, 0.05) is 18.8 Å². The zero-order valence-electron chi connectivity index (χ0n) is 9.67. The third-order valence-electron chi connectivity index (χ3n) is 2.85. The number of amides is 1. The number of carbonyl (C=O) groups excluding carboxylic acids is 1. The number of pyridine rings is 1. The fraction of sp³-hybridized carbons (Fsp3) is 0.500. The number of halogens is 1. The lowest BCUT2D eigenvalue weighted by Gasteiger charge is -2.20. The van der Waals surface area contributed by atoms with Gasteiger partial charge in [-0.25, -0.2) is 0 Å². The zero-order chi connectivity index (χ0) is 10.8. The summed E-state index contributed by atoms with van der Waals surface area (Å²) in [6.45, 7) is 3.54. The largest absolute Gasteiger partial charge is 0.326 e. The second-order valence-electron chi connectivity index (χ2n) is 4.13. The molecule has 0 radical (unpaired) electrons. The molecule has 0 spiro atoms. The Morgan fingerprint density at radius 3 is 2.75 bits per heavy atom. The summed E-state index contributed by atoms with van der Waals surface area (Å²) in [5.74, 6) is -0.00271. The normalized spacial score (nSPS) is 13.6. The van der Waals surface area contributed by atoms with E-state index in [1.165, 1.54) is 18.4 Å². The van der Waals surface area contributed by atoms with Crippen LogP contribution in [0.1, 0.15) is 36.6 Å². The van der Waals surface area contributed by atoms with Gasteiger partial charge < -0.3 is 5.32 Å². The molecule has 1 aromatic rings. The summed E-state index contributed by atoms with van der Waals surface area (Å²) in [5.41, 5.74) is 4.46. The first-order chi connectivity index (χ1) is 7.18. The molecular weight excluding hydrogens is 224 g/mol. The van der Waals surface area contributed by atoms with Gasteiger partial charge in [-0.15, -0.1) is 12.4 Å². The molecule has 2 rings (SSSR count). The Balaban J connectivity index is 0.00000128. The summed E-state index contributed by atoms with van der Waals surface area (Å²) >= 11 is 0. The van der Waals surface area contributed by atoms with Crippen molar-refractivity contribution in [1.29, 1.82) is 0 Å². The molecule has 1 N–H and O–H groups in total. The highest BCUT2D eigenvalue weighted by Gasteiger charge is 2.16. The van der Waals surface area contributed by atoms with Crippen molar-refractivity contribution in [2.45, 2.75) is 39.5 Å². The topological polar surface area (TPSA) is 42.0 Å². The van der Waals surface area contributed by atoms with E-state index >= 15 is 0 Å². The van der Waals surface area contributed by atoms with Gasteiger partial charge in [-0.2, -0.15) is 0 Å². The predicted molar refractivity (Wildman–Crippen MR) is 67.2 cm³/mol. The molecule has 0 bridgehead atoms. The van der Waals surface area contributed by atoms with E-state index in [1.54, 1.807) is 6.92 Å². The quantitative estimate of drug-likeness (QED) is 0.820. The smallest absolute Gasteiger partial charge is 0.221 e. The molecule has 0 saturated heterocycles. The number of hydrogen-bond acceptors (Lipinski definition) is 2. The van der Waals surface area contributed by atoms with Gasteiger partial charge in [0.15, 0.2) is 0 Å². The van der Waals surface area contributed by atoms with Crippen LogP contribution in [0.4, 0.5) is 5.69 Å². The van der Waals surface area contributed by atoms with Crippen LogP contribution in [-0.2, 0) is 17.6 Å². The highest BCUT2D eigenvalue weighted by molar-refractivity contribution is 5.90. The number of fused-ring (bicyclic) bond motifs is 1. The zero-order valence-corrected chi connectivity index (χ0v) is 10.5. The van der Waals surface area contributed by atoms with Gasteiger partial charge in [0.05, 0.1) is 5.69 Å². The Bertz CT molecular complexity index is 404. The van der Waals surface area contributed by atoms with Gasteiger partial charge in [-0.05, 0) is 43.7 Å². The van der Waals surface area contributed by atoms with Crippen molar-refractivity contribution in [2.24, 2.45) is 0 Å². The van der Waals surface area contributed by atoms with Gasteiger partial charge in [0.25, 0.3) is 0 Å². The number of nitrogens with zero attached hydrogens (tertiary/aromatic N) is 1. The van der Waals surface area contributed by atoms with Crippen LogP contribution in [0.15, 0.2) is 6.20 Å². The number of aryl methyl sites for hydroxylation is 2. The average Bonchev–Trinajstić information content (AvgIpc) is 2.22. The Kier molecular flexibility index (Phi) is 4.30. The molecule has 0 unspecified atom stereocenters. The minimum atomic E-state index is -0.00271. The van der Waals surface area contributed by atoms with E-state index in [2.05, 4.69) is 10.3 Å². The van der Waals surface area contributed by atoms with Gasteiger partial charge >= 0.3 is 0 Å². The minimum Gasteiger partial charge on any atom is -0.326 e. The number of carbonyl (C=O) groups is 1. The molecule has 0 fully saturated rings. The van der Waals surface area contributed by atoms with Crippen molar-refractivity contribution in [3.8, 4) is 0 Å². The highest BCUT2D eigenvalue weighted by Crippen LogP contribution is 2.28. The molecular formula is C12H17ClN2O. The van der Waals surface area contributed by atoms with Crippen molar-refractivity contribution in [3.05, 3.63) is 23.0 Å². The Morgan fingerprint density at radius 2 is 2.06 bits per heavy atom. The van der Waals surface area contributed by atoms with Crippen molar-refractivity contribution in [2.75, 3.05) is 5.32 Å². The van der Waals surface area contributed by atoms with E-state index in [1.807, 2.05) is 13.1 Å². The van der Waals surface area contributed by atoms with E-state index in [0.29, 0.717) is 0 Å². The average molecular weight is 241 g/mol. The lowest BCUT2D eigenvalue weighted by atomic mass is 9.93. The Labute approximate surface area is 102 Å². The van der Waals surface area contributed by atoms with Crippen LogP contribution in [0.5, 0.6) is 0 Å². The summed E-state index contributed by atoms with van der Waals surface area (Å²) in [7, 11) is 0. The minimum absolute atomic E-state index is 0. The van der Waals surface area contributed by atoms with Gasteiger partial charge in [0.2, 0.25) is 5.91 Å². The van der Waals surface area contributed by atoms with E-state index in [0.717, 1.165) is 29.8 Å². The molecule has 88 valence electrons. The lowest BCUT2D eigenvalue weighted by molar-refractivity contribution is -0.114. The van der Waals surface area contributed by atoms with E-state index < -0.39 is 0 Å². The molecule has 0 aliphatic heterocycles. The Hall–Kier alpha value is -1.09. The maximum atomic E-state index is 11.1. The van der Waals surface area contributed by atoms with Crippen LogP contribution >= 0.6 is 12.4 Å². The van der Waals surface area contributed by atoms with Crippen LogP contribution in [0, 0.1) is 6.92 Å². The Morgan fingerprint density at radius 1 is 1.38 bits per heavy atom. The monoisotopic (exact) mass is 240 g/mol. The summed E-state index contributed by atoms with van der Waals surface area (Å²) in [4.78, 5) is 15.6. The molecule has 1 aliphatic rings. The van der Waals surface area contributed by atoms with Crippen LogP contribution in [0.25, 0.3) is 0 Å². The van der Waals surface area contributed by atoms with Gasteiger partial charge in [0.1, 0.15) is 0 Å². The molecule has 4 heteroatoms. The summed E-state index contributed by atoms with van der Waals surface area (Å²) in [6.07, 6.45) is 6.35. The summed E-state index contributed by atoms with van der Waals surface area (Å²) in [5, 5.41) is 2.92. The van der Waals surface area contributed by atoms with Crippen LogP contribution in [-0.4, -0.2) is 10.9 Å². The number of aromatic nitrogens is 1. The second kappa shape index (κ2) is 5.30. The predicted octanol–water partition coefficient (Wildman–Crippen LogP) is 2.65. The van der Waals surface area contributed by atoms with E-state index in [-0.39, 0.29) is 18.3 Å². The number of hydrogen-bond donors (Lipinski definition) is 1. The van der Waals surface area contributed by atoms with E-state index in [4.69, 9.17) is 0 Å². The van der Waals surface area contributed by atoms with E-state index in [9.17, 15) is 4.79 Å². The third-order valence-corrected chi connectivity index (χ3v) is 2.85. The first-order valence-electron chi connectivity index (χ1n) is 5.43. The molecule has 1 heterocycles. The molecule has 0 atom stereocenters. The molecule has 0 saturated carbocycles. The molecule has 0 aromatic carbocycles. The summed E-state index contributed by atoms with van der Waals surface area (Å²) in [6, 6.07) is 0. The fourth-order valence-corrected chi connectivity index (χ4v) is 2.13. The van der Waals surface area contributed by atoms with Crippen LogP contribution in [0.3, 0.4) is 0 Å². The lowest BCUT2D eigenvalue weighted by Crippen LogP contribution is -2.14. The third kappa shape index (κ3) is 2.53. The van der Waals surface area contributed by atoms with Crippen LogP contribution in [0.2, 0.25) is 0 Å². The van der Waals surface area contributed by atoms with Crippen molar-refractivity contribution < 1.29 is 4.79 Å². The maximum absolute atomic E-state index is 11.1. The first-order valence-corrected chi connectivity index (χ1v) is 5.43. The second-order valence-corrected chi connectivity index (χ2v) is 4.13. The molecule has 16 heavy (non-hydrogen) atoms. The maximum Gasteiger partial charge on any atom is 0.221 e. The van der Waals surface area contributed by atoms with Gasteiger partial charge in [-0.3, -0.25) is 9.78 Å². The highest BCUT2D eigenvalue weighted by atomic mass is 35.5. The standard InChI is InChI=1S/C12H16N2O.ClH/c1-8-7-13-11-6-4-3-5-10(11)12(8)14-9(2)15;/h7H,3-6H2,1-2H3,(H,13,14,15);1H. The van der Waals surface area contributed by atoms with Gasteiger partial charge in [-0.1, -0.05) is 0 Å². The molecule has 1 aliphatic carbocycles. The van der Waals surface area contributed by atoms with Crippen molar-refractivity contribution in [1.82, 2.24) is 4.98 Å². The molecule has 1 amide bonds. The number of anilines is 1. The fourth-order valence-electron chi connectivity index (χ4n) is 2.13. The molecule has 1 aromatic heterocycles. The van der Waals surface area contributed by atoms with Crippen molar-refractivity contribution in [3.63, 3.8) is 0 Å². The number of nitrogens with one attached hydrogen (secondary N) is 1. The molecule has 3 nitrogen and oxygen atoms in total. The van der Waals surface area contributed by atoms with Crippen molar-refractivity contribution >= 4 is 24.0 Å². The first kappa shape index (κ1) is 13.0. The summed E-state index contributed by atoms with van der Waals surface area (Å²) < 4.78 is 0. The van der Waals surface area contributed by atoms with Crippen LogP contribution < -0.4 is 5.32 Å². The SMILES string of the molecule is CC(=O)Nc1c(C)cnc2c1CCCC2.Cl. The number of rotatable bonds is 1.